The van der Waals surface area contributed by atoms with Crippen LogP contribution in [-0.2, 0) is 5.79 Å². The van der Waals surface area contributed by atoms with Crippen LogP contribution in [0.25, 0.3) is 0 Å². The van der Waals surface area contributed by atoms with Crippen molar-refractivity contribution in [1.82, 2.24) is 0 Å². The van der Waals surface area contributed by atoms with Gasteiger partial charge in [0.15, 0.2) is 5.78 Å². The van der Waals surface area contributed by atoms with E-state index in [9.17, 15) is 9.90 Å². The molecule has 0 unspecified atom stereocenters. The molecule has 1 aliphatic heterocycles. The summed E-state index contributed by atoms with van der Waals surface area (Å²) < 4.78 is 5.80. The molecule has 0 radical (unpaired) electrons. The normalized spacial score (nSPS) is 24.9. The third-order valence-corrected chi connectivity index (χ3v) is 3.84. The SMILES string of the molecule is Cc1ccc2c(c1)O[C@@](O)(c1ccccc1)[C@H](C)C2=O. The Hall–Kier alpha value is -2.13. The number of carbonyl (C=O) groups is 1. The second-order valence-electron chi connectivity index (χ2n) is 5.25. The lowest BCUT2D eigenvalue weighted by atomic mass is 9.84. The van der Waals surface area contributed by atoms with E-state index in [0.717, 1.165) is 5.56 Å². The van der Waals surface area contributed by atoms with Crippen LogP contribution in [0.5, 0.6) is 5.75 Å². The Bertz CT molecular complexity index is 663. The third kappa shape index (κ3) is 1.82. The number of aliphatic hydroxyl groups is 1. The smallest absolute Gasteiger partial charge is 0.244 e. The Balaban J connectivity index is 2.14. The zero-order valence-corrected chi connectivity index (χ0v) is 11.5. The molecule has 20 heavy (non-hydrogen) atoms. The van der Waals surface area contributed by atoms with E-state index in [1.165, 1.54) is 0 Å². The van der Waals surface area contributed by atoms with Crippen molar-refractivity contribution in [3.8, 4) is 5.75 Å². The lowest BCUT2D eigenvalue weighted by Gasteiger charge is -2.38. The molecule has 102 valence electrons. The van der Waals surface area contributed by atoms with Crippen LogP contribution in [0.3, 0.4) is 0 Å². The van der Waals surface area contributed by atoms with Gasteiger partial charge in [0.05, 0.1) is 11.5 Å². The molecule has 2 aromatic rings. The highest BCUT2D eigenvalue weighted by atomic mass is 16.6. The van der Waals surface area contributed by atoms with Crippen LogP contribution >= 0.6 is 0 Å². The summed E-state index contributed by atoms with van der Waals surface area (Å²) in [5, 5.41) is 10.9. The highest BCUT2D eigenvalue weighted by Gasteiger charge is 2.47. The summed E-state index contributed by atoms with van der Waals surface area (Å²) in [7, 11) is 0. The van der Waals surface area contributed by atoms with Crippen molar-refractivity contribution >= 4 is 5.78 Å². The van der Waals surface area contributed by atoms with Gasteiger partial charge in [-0.2, -0.15) is 0 Å². The maximum Gasteiger partial charge on any atom is 0.244 e. The van der Waals surface area contributed by atoms with Crippen LogP contribution in [0, 0.1) is 12.8 Å². The number of Topliss-reactive ketones (excluding diaryl/α,β-unsaturated/α-hetero) is 1. The minimum atomic E-state index is -1.61. The molecule has 1 N–H and O–H groups in total. The molecule has 3 nitrogen and oxygen atoms in total. The molecule has 0 saturated carbocycles. The van der Waals surface area contributed by atoms with Crippen molar-refractivity contribution in [3.05, 3.63) is 65.2 Å². The van der Waals surface area contributed by atoms with Crippen molar-refractivity contribution < 1.29 is 14.6 Å². The van der Waals surface area contributed by atoms with Crippen molar-refractivity contribution in [1.29, 1.82) is 0 Å². The van der Waals surface area contributed by atoms with Gasteiger partial charge in [-0.05, 0) is 31.5 Å². The van der Waals surface area contributed by atoms with Crippen LogP contribution in [0.1, 0.15) is 28.4 Å². The molecule has 1 heterocycles. The summed E-state index contributed by atoms with van der Waals surface area (Å²) in [4.78, 5) is 12.5. The number of benzene rings is 2. The molecule has 0 saturated heterocycles. The Morgan fingerprint density at radius 3 is 2.55 bits per heavy atom. The third-order valence-electron chi connectivity index (χ3n) is 3.84. The molecule has 3 heteroatoms. The average Bonchev–Trinajstić information content (AvgIpc) is 2.45. The number of rotatable bonds is 1. The van der Waals surface area contributed by atoms with Gasteiger partial charge in [0, 0.05) is 5.56 Å². The maximum atomic E-state index is 12.5. The predicted octanol–water partition coefficient (Wildman–Crippen LogP) is 3.05. The van der Waals surface area contributed by atoms with Crippen molar-refractivity contribution in [2.45, 2.75) is 19.6 Å². The van der Waals surface area contributed by atoms with Gasteiger partial charge in [0.1, 0.15) is 5.75 Å². The fourth-order valence-electron chi connectivity index (χ4n) is 2.57. The first-order chi connectivity index (χ1) is 9.52. The van der Waals surface area contributed by atoms with E-state index in [2.05, 4.69) is 0 Å². The fraction of sp³-hybridized carbons (Fsp3) is 0.235. The lowest BCUT2D eigenvalue weighted by molar-refractivity contribution is -0.176. The fourth-order valence-corrected chi connectivity index (χ4v) is 2.57. The number of hydrogen-bond acceptors (Lipinski definition) is 3. The topological polar surface area (TPSA) is 46.5 Å². The molecule has 2 atom stereocenters. The Morgan fingerprint density at radius 2 is 1.85 bits per heavy atom. The first-order valence-electron chi connectivity index (χ1n) is 6.64. The maximum absolute atomic E-state index is 12.5. The summed E-state index contributed by atoms with van der Waals surface area (Å²) in [6.45, 7) is 3.62. The van der Waals surface area contributed by atoms with Gasteiger partial charge < -0.3 is 9.84 Å². The summed E-state index contributed by atoms with van der Waals surface area (Å²) in [6, 6.07) is 14.5. The first-order valence-corrected chi connectivity index (χ1v) is 6.64. The quantitative estimate of drug-likeness (QED) is 0.864. The Morgan fingerprint density at radius 1 is 1.15 bits per heavy atom. The monoisotopic (exact) mass is 268 g/mol. The molecule has 0 amide bonds. The standard InChI is InChI=1S/C17H16O3/c1-11-8-9-14-15(10-11)20-17(19,12(2)16(14)18)13-6-4-3-5-7-13/h3-10,12,19H,1-2H3/t12-,17-/m1/s1. The second kappa shape index (κ2) is 4.46. The minimum Gasteiger partial charge on any atom is -0.457 e. The van der Waals surface area contributed by atoms with Gasteiger partial charge in [-0.25, -0.2) is 0 Å². The first kappa shape index (κ1) is 12.9. The molecule has 0 aliphatic carbocycles. The van der Waals surface area contributed by atoms with E-state index in [0.29, 0.717) is 16.9 Å². The second-order valence-corrected chi connectivity index (χ2v) is 5.25. The van der Waals surface area contributed by atoms with Gasteiger partial charge in [-0.1, -0.05) is 36.4 Å². The van der Waals surface area contributed by atoms with E-state index >= 15 is 0 Å². The molecule has 1 aliphatic rings. The number of fused-ring (bicyclic) bond motifs is 1. The van der Waals surface area contributed by atoms with Crippen LogP contribution in [0.15, 0.2) is 48.5 Å². The van der Waals surface area contributed by atoms with Crippen LogP contribution in [0.4, 0.5) is 0 Å². The van der Waals surface area contributed by atoms with E-state index < -0.39 is 11.7 Å². The molecular formula is C17H16O3. The zero-order valence-electron chi connectivity index (χ0n) is 11.5. The Labute approximate surface area is 117 Å². The molecular weight excluding hydrogens is 252 g/mol. The van der Waals surface area contributed by atoms with Crippen molar-refractivity contribution in [2.75, 3.05) is 0 Å². The Kier molecular flexibility index (Phi) is 2.87. The molecule has 3 rings (SSSR count). The van der Waals surface area contributed by atoms with Gasteiger partial charge in [-0.15, -0.1) is 0 Å². The van der Waals surface area contributed by atoms with Gasteiger partial charge in [-0.3, -0.25) is 4.79 Å². The average molecular weight is 268 g/mol. The lowest BCUT2D eigenvalue weighted by Crippen LogP contribution is -2.46. The highest BCUT2D eigenvalue weighted by Crippen LogP contribution is 2.41. The van der Waals surface area contributed by atoms with Crippen LogP contribution in [0.2, 0.25) is 0 Å². The van der Waals surface area contributed by atoms with E-state index in [4.69, 9.17) is 4.74 Å². The van der Waals surface area contributed by atoms with Crippen molar-refractivity contribution in [3.63, 3.8) is 0 Å². The molecule has 0 fully saturated rings. The molecule has 0 bridgehead atoms. The number of carbonyl (C=O) groups excluding carboxylic acids is 1. The van der Waals surface area contributed by atoms with Gasteiger partial charge in [0.2, 0.25) is 5.79 Å². The predicted molar refractivity (Wildman–Crippen MR) is 75.6 cm³/mol. The van der Waals surface area contributed by atoms with Crippen molar-refractivity contribution in [2.24, 2.45) is 5.92 Å². The van der Waals surface area contributed by atoms with E-state index in [1.807, 2.05) is 31.2 Å². The molecule has 0 aromatic heterocycles. The van der Waals surface area contributed by atoms with E-state index in [1.54, 1.807) is 31.2 Å². The van der Waals surface area contributed by atoms with Crippen LogP contribution < -0.4 is 4.74 Å². The number of hydrogen-bond donors (Lipinski definition) is 1. The number of ketones is 1. The largest absolute Gasteiger partial charge is 0.457 e. The van der Waals surface area contributed by atoms with Gasteiger partial charge >= 0.3 is 0 Å². The highest BCUT2D eigenvalue weighted by molar-refractivity contribution is 6.01. The summed E-state index contributed by atoms with van der Waals surface area (Å²) in [6.07, 6.45) is 0. The van der Waals surface area contributed by atoms with Gasteiger partial charge in [0.25, 0.3) is 0 Å². The zero-order chi connectivity index (χ0) is 14.3. The summed E-state index contributed by atoms with van der Waals surface area (Å²) >= 11 is 0. The summed E-state index contributed by atoms with van der Waals surface area (Å²) in [5.41, 5.74) is 2.11. The molecule has 2 aromatic carbocycles. The van der Waals surface area contributed by atoms with Crippen LogP contribution in [-0.4, -0.2) is 10.9 Å². The number of aryl methyl sites for hydroxylation is 1. The minimum absolute atomic E-state index is 0.0994. The van der Waals surface area contributed by atoms with E-state index in [-0.39, 0.29) is 5.78 Å². The summed E-state index contributed by atoms with van der Waals surface area (Å²) in [5.74, 6) is -1.92. The molecule has 0 spiro atoms. The number of ether oxygens (including phenoxy) is 1.